The second kappa shape index (κ2) is 77.4. The molecular formula is C86H168O17P2. The first-order chi connectivity index (χ1) is 50.9. The van der Waals surface area contributed by atoms with E-state index in [1.807, 2.05) is 0 Å². The van der Waals surface area contributed by atoms with E-state index >= 15 is 0 Å². The van der Waals surface area contributed by atoms with E-state index in [2.05, 4.69) is 41.5 Å². The molecule has 0 heterocycles. The Hall–Kier alpha value is -1.94. The predicted octanol–water partition coefficient (Wildman–Crippen LogP) is 26.2. The normalized spacial score (nSPS) is 14.3. The van der Waals surface area contributed by atoms with Crippen molar-refractivity contribution in [3.05, 3.63) is 0 Å². The lowest BCUT2D eigenvalue weighted by atomic mass is 9.99. The molecule has 0 aromatic rings. The zero-order valence-electron chi connectivity index (χ0n) is 69.0. The molecule has 0 radical (unpaired) electrons. The van der Waals surface area contributed by atoms with Crippen molar-refractivity contribution in [1.82, 2.24) is 0 Å². The third-order valence-corrected chi connectivity index (χ3v) is 22.8. The molecule has 0 rings (SSSR count). The molecule has 0 aliphatic rings. The summed E-state index contributed by atoms with van der Waals surface area (Å²) < 4.78 is 68.9. The molecule has 0 fully saturated rings. The van der Waals surface area contributed by atoms with Gasteiger partial charge >= 0.3 is 39.5 Å². The van der Waals surface area contributed by atoms with Gasteiger partial charge in [0.1, 0.15) is 19.3 Å². The van der Waals surface area contributed by atoms with Gasteiger partial charge < -0.3 is 33.8 Å². The van der Waals surface area contributed by atoms with Gasteiger partial charge in [-0.25, -0.2) is 9.13 Å². The number of hydrogen-bond acceptors (Lipinski definition) is 15. The number of esters is 4. The average molecular weight is 1540 g/mol. The number of carbonyl (C=O) groups is 4. The number of ether oxygens (including phenoxy) is 4. The monoisotopic (exact) mass is 1540 g/mol. The maximum atomic E-state index is 13.1. The molecule has 7 atom stereocenters. The second-order valence-corrected chi connectivity index (χ2v) is 34.3. The SMILES string of the molecule is CCCCCCCCCCCCCCCCCCCCCCC(=O)O[C@H](COC(=O)CCCCCCCCCCCCCCCCC(C)CC)COP(=O)(O)OC[C@@H](O)COP(=O)(O)OC[C@@H](COC(=O)CCCCCCCCCCC)OC(=O)CCCCCCCCCCCCCCCCC(C)CC. The van der Waals surface area contributed by atoms with Crippen molar-refractivity contribution >= 4 is 39.5 Å². The molecule has 0 bridgehead atoms. The van der Waals surface area contributed by atoms with Gasteiger partial charge in [-0.3, -0.25) is 37.3 Å². The maximum absolute atomic E-state index is 13.1. The van der Waals surface area contributed by atoms with E-state index in [-0.39, 0.29) is 25.7 Å². The lowest BCUT2D eigenvalue weighted by Crippen LogP contribution is -2.30. The van der Waals surface area contributed by atoms with Gasteiger partial charge in [0.05, 0.1) is 26.4 Å². The van der Waals surface area contributed by atoms with Crippen LogP contribution >= 0.6 is 15.6 Å². The Labute approximate surface area is 645 Å². The van der Waals surface area contributed by atoms with Gasteiger partial charge in [-0.1, -0.05) is 408 Å². The summed E-state index contributed by atoms with van der Waals surface area (Å²) in [6.07, 6.45) is 69.3. The van der Waals surface area contributed by atoms with Gasteiger partial charge in [-0.2, -0.15) is 0 Å². The van der Waals surface area contributed by atoms with Crippen LogP contribution in [0.2, 0.25) is 0 Å². The Bertz CT molecular complexity index is 2010. The number of rotatable bonds is 85. The Morgan fingerprint density at radius 3 is 0.676 bits per heavy atom. The third-order valence-electron chi connectivity index (χ3n) is 20.9. The van der Waals surface area contributed by atoms with Crippen LogP contribution in [0.25, 0.3) is 0 Å². The second-order valence-electron chi connectivity index (χ2n) is 31.4. The summed E-state index contributed by atoms with van der Waals surface area (Å²) in [7, 11) is -9.93. The van der Waals surface area contributed by atoms with Crippen LogP contribution in [0.15, 0.2) is 0 Å². The van der Waals surface area contributed by atoms with Crippen LogP contribution < -0.4 is 0 Å². The number of aliphatic hydroxyl groups excluding tert-OH is 1. The van der Waals surface area contributed by atoms with Gasteiger partial charge in [0.25, 0.3) is 0 Å². The summed E-state index contributed by atoms with van der Waals surface area (Å²) in [5.74, 6) is -0.407. The van der Waals surface area contributed by atoms with Crippen molar-refractivity contribution in [3.8, 4) is 0 Å². The number of hydrogen-bond donors (Lipinski definition) is 3. The minimum Gasteiger partial charge on any atom is -0.462 e. The highest BCUT2D eigenvalue weighted by Gasteiger charge is 2.30. The third kappa shape index (κ3) is 77.2. The van der Waals surface area contributed by atoms with Crippen LogP contribution in [0.1, 0.15) is 459 Å². The van der Waals surface area contributed by atoms with Crippen molar-refractivity contribution in [1.29, 1.82) is 0 Å². The van der Waals surface area contributed by atoms with Gasteiger partial charge in [-0.05, 0) is 37.5 Å². The van der Waals surface area contributed by atoms with Crippen molar-refractivity contribution < 1.29 is 80.2 Å². The number of aliphatic hydroxyl groups is 1. The Morgan fingerprint density at radius 1 is 0.267 bits per heavy atom. The van der Waals surface area contributed by atoms with Crippen LogP contribution in [0.5, 0.6) is 0 Å². The van der Waals surface area contributed by atoms with Crippen molar-refractivity contribution in [2.45, 2.75) is 477 Å². The van der Waals surface area contributed by atoms with E-state index in [1.165, 1.54) is 276 Å². The van der Waals surface area contributed by atoms with Crippen LogP contribution in [-0.4, -0.2) is 96.7 Å². The van der Waals surface area contributed by atoms with Gasteiger partial charge in [0.2, 0.25) is 0 Å². The highest BCUT2D eigenvalue weighted by Crippen LogP contribution is 2.45. The van der Waals surface area contributed by atoms with Crippen LogP contribution in [0.3, 0.4) is 0 Å². The topological polar surface area (TPSA) is 237 Å². The summed E-state index contributed by atoms with van der Waals surface area (Å²) in [6.45, 7) is 9.76. The zero-order valence-corrected chi connectivity index (χ0v) is 70.8. The van der Waals surface area contributed by atoms with E-state index in [1.54, 1.807) is 0 Å². The van der Waals surface area contributed by atoms with Crippen LogP contribution in [-0.2, 0) is 65.4 Å². The summed E-state index contributed by atoms with van der Waals surface area (Å²) in [5, 5.41) is 10.7. The number of unbranched alkanes of at least 4 members (excludes halogenated alkanes) is 53. The largest absolute Gasteiger partial charge is 0.472 e. The summed E-state index contributed by atoms with van der Waals surface area (Å²) >= 11 is 0. The smallest absolute Gasteiger partial charge is 0.462 e. The molecule has 0 amide bonds. The minimum absolute atomic E-state index is 0.108. The summed E-state index contributed by atoms with van der Waals surface area (Å²) in [5.41, 5.74) is 0. The van der Waals surface area contributed by atoms with Crippen LogP contribution in [0, 0.1) is 11.8 Å². The molecule has 0 aliphatic carbocycles. The van der Waals surface area contributed by atoms with E-state index < -0.39 is 97.5 Å². The van der Waals surface area contributed by atoms with Gasteiger partial charge in [0.15, 0.2) is 12.2 Å². The summed E-state index contributed by atoms with van der Waals surface area (Å²) in [6, 6.07) is 0. The molecule has 0 saturated heterocycles. The minimum atomic E-state index is -4.97. The molecule has 0 aliphatic heterocycles. The van der Waals surface area contributed by atoms with Crippen LogP contribution in [0.4, 0.5) is 0 Å². The highest BCUT2D eigenvalue weighted by molar-refractivity contribution is 7.47. The van der Waals surface area contributed by atoms with Crippen molar-refractivity contribution in [3.63, 3.8) is 0 Å². The van der Waals surface area contributed by atoms with E-state index in [0.29, 0.717) is 25.7 Å². The predicted molar refractivity (Wildman–Crippen MR) is 432 cm³/mol. The molecule has 0 aromatic heterocycles. The highest BCUT2D eigenvalue weighted by atomic mass is 31.2. The quantitative estimate of drug-likeness (QED) is 0.0222. The first kappa shape index (κ1) is 103. The maximum Gasteiger partial charge on any atom is 0.472 e. The molecule has 624 valence electrons. The van der Waals surface area contributed by atoms with E-state index in [4.69, 9.17) is 37.0 Å². The Kier molecular flexibility index (Phi) is 76.0. The molecule has 105 heavy (non-hydrogen) atoms. The molecule has 17 nitrogen and oxygen atoms in total. The molecule has 3 N–H and O–H groups in total. The Balaban J connectivity index is 5.21. The first-order valence-electron chi connectivity index (χ1n) is 44.6. The van der Waals surface area contributed by atoms with Gasteiger partial charge in [-0.15, -0.1) is 0 Å². The molecule has 4 unspecified atom stereocenters. The fraction of sp³-hybridized carbons (Fsp3) is 0.953. The fourth-order valence-electron chi connectivity index (χ4n) is 13.4. The summed E-state index contributed by atoms with van der Waals surface area (Å²) in [4.78, 5) is 73.2. The lowest BCUT2D eigenvalue weighted by molar-refractivity contribution is -0.161. The Morgan fingerprint density at radius 2 is 0.457 bits per heavy atom. The molecule has 19 heteroatoms. The standard InChI is InChI=1S/C86H168O17P2/c1-7-11-13-15-17-19-20-21-22-23-24-25-26-27-35-40-46-52-58-64-70-86(91)103-82(75-97-84(89)69-63-57-51-45-39-34-30-28-32-37-43-48-54-60-66-78(5)9-3)77-101-105(94,95)99-73-80(87)72-98-104(92,93)100-76-81(74-96-83(88)68-62-56-50-42-18-16-14-12-8-2)102-85(90)71-65-59-53-47-41-36-31-29-33-38-44-49-55-61-67-79(6)10-4/h78-82,87H,7-77H2,1-6H3,(H,92,93)(H,94,95)/t78?,79?,80-,81+,82+/m0/s1. The zero-order chi connectivity index (χ0) is 77.1. The number of carbonyl (C=O) groups excluding carboxylic acids is 4. The van der Waals surface area contributed by atoms with E-state index in [0.717, 1.165) is 102 Å². The molecule has 0 spiro atoms. The van der Waals surface area contributed by atoms with Crippen molar-refractivity contribution in [2.24, 2.45) is 11.8 Å². The molecule has 0 aromatic carbocycles. The fourth-order valence-corrected chi connectivity index (χ4v) is 14.9. The van der Waals surface area contributed by atoms with Crippen molar-refractivity contribution in [2.75, 3.05) is 39.6 Å². The van der Waals surface area contributed by atoms with Gasteiger partial charge in [0, 0.05) is 25.7 Å². The molecule has 0 saturated carbocycles. The first-order valence-corrected chi connectivity index (χ1v) is 47.6. The number of phosphoric acid groups is 2. The molecular weight excluding hydrogens is 1370 g/mol. The lowest BCUT2D eigenvalue weighted by Gasteiger charge is -2.21. The average Bonchev–Trinajstić information content (AvgIpc) is 0.909. The number of phosphoric ester groups is 2. The van der Waals surface area contributed by atoms with E-state index in [9.17, 15) is 43.2 Å².